The zero-order valence-corrected chi connectivity index (χ0v) is 26.6. The van der Waals surface area contributed by atoms with Gasteiger partial charge in [-0.3, -0.25) is 4.57 Å². The van der Waals surface area contributed by atoms with Crippen molar-refractivity contribution in [1.29, 1.82) is 0 Å². The minimum Gasteiger partial charge on any atom is -0.297 e. The van der Waals surface area contributed by atoms with Crippen LogP contribution in [0.25, 0.3) is 82.8 Å². The van der Waals surface area contributed by atoms with Gasteiger partial charge < -0.3 is 0 Å². The van der Waals surface area contributed by atoms with E-state index in [0.717, 1.165) is 22.5 Å². The number of para-hydroxylation sites is 2. The molecule has 48 heavy (non-hydrogen) atoms. The van der Waals surface area contributed by atoms with Gasteiger partial charge in [-0.25, -0.2) is 4.98 Å². The van der Waals surface area contributed by atoms with Crippen molar-refractivity contribution in [3.05, 3.63) is 182 Å². The topological polar surface area (TPSA) is 17.8 Å². The van der Waals surface area contributed by atoms with E-state index < -0.39 is 0 Å². The number of rotatable bonds is 5. The first-order valence-electron chi connectivity index (χ1n) is 16.5. The number of hydrogen-bond donors (Lipinski definition) is 0. The largest absolute Gasteiger partial charge is 0.297 e. The van der Waals surface area contributed by atoms with E-state index in [-0.39, 0.29) is 0 Å². The number of hydrogen-bond acceptors (Lipinski definition) is 1. The molecule has 0 aliphatic heterocycles. The van der Waals surface area contributed by atoms with Crippen molar-refractivity contribution in [2.75, 3.05) is 0 Å². The Bertz CT molecular complexity index is 2540. The van der Waals surface area contributed by atoms with Gasteiger partial charge in [0, 0.05) is 5.69 Å². The molecule has 2 nitrogen and oxygen atoms in total. The summed E-state index contributed by atoms with van der Waals surface area (Å²) in [6.45, 7) is 2.07. The lowest BCUT2D eigenvalue weighted by molar-refractivity contribution is 1.00. The molecule has 0 aliphatic carbocycles. The quantitative estimate of drug-likeness (QED) is 0.177. The molecule has 0 unspecified atom stereocenters. The van der Waals surface area contributed by atoms with Crippen LogP contribution in [-0.4, -0.2) is 9.55 Å². The lowest BCUT2D eigenvalue weighted by atomic mass is 9.83. The molecular formula is C46H32N2. The first-order valence-corrected chi connectivity index (χ1v) is 16.5. The Hall–Kier alpha value is -6.25. The maximum Gasteiger partial charge on any atom is 0.111 e. The Morgan fingerprint density at radius 1 is 0.375 bits per heavy atom. The zero-order valence-electron chi connectivity index (χ0n) is 26.6. The molecule has 0 saturated heterocycles. The van der Waals surface area contributed by atoms with Gasteiger partial charge in [0.2, 0.25) is 0 Å². The molecule has 0 aliphatic rings. The molecule has 9 aromatic rings. The zero-order chi connectivity index (χ0) is 32.0. The van der Waals surface area contributed by atoms with Crippen LogP contribution in [0.3, 0.4) is 0 Å². The monoisotopic (exact) mass is 612 g/mol. The van der Waals surface area contributed by atoms with Gasteiger partial charge in [0.15, 0.2) is 0 Å². The van der Waals surface area contributed by atoms with Crippen molar-refractivity contribution >= 4 is 32.6 Å². The molecule has 0 saturated carbocycles. The number of benzene rings is 8. The minimum atomic E-state index is 0.984. The number of imidazole rings is 1. The number of fused-ring (bicyclic) bond motifs is 3. The second-order valence-corrected chi connectivity index (χ2v) is 12.4. The van der Waals surface area contributed by atoms with Gasteiger partial charge in [-0.15, -0.1) is 0 Å². The van der Waals surface area contributed by atoms with E-state index in [1.54, 1.807) is 0 Å². The Kier molecular flexibility index (Phi) is 6.72. The first-order chi connectivity index (χ1) is 23.7. The maximum atomic E-state index is 4.80. The molecule has 9 rings (SSSR count). The molecule has 0 amide bonds. The van der Waals surface area contributed by atoms with Crippen molar-refractivity contribution in [2.24, 2.45) is 0 Å². The highest BCUT2D eigenvalue weighted by Crippen LogP contribution is 2.46. The fourth-order valence-electron chi connectivity index (χ4n) is 7.40. The Labute approximate surface area is 280 Å². The van der Waals surface area contributed by atoms with E-state index in [1.165, 1.54) is 66.1 Å². The molecule has 226 valence electrons. The maximum absolute atomic E-state index is 4.80. The summed E-state index contributed by atoms with van der Waals surface area (Å²) in [5, 5.41) is 5.00. The van der Waals surface area contributed by atoms with Crippen molar-refractivity contribution < 1.29 is 0 Å². The van der Waals surface area contributed by atoms with E-state index in [2.05, 4.69) is 181 Å². The summed E-state index contributed by atoms with van der Waals surface area (Å²) >= 11 is 0. The van der Waals surface area contributed by atoms with Crippen LogP contribution in [-0.2, 0) is 0 Å². The van der Waals surface area contributed by atoms with Gasteiger partial charge in [0.05, 0.1) is 11.0 Å². The van der Waals surface area contributed by atoms with Crippen LogP contribution < -0.4 is 0 Å². The summed E-state index contributed by atoms with van der Waals surface area (Å²) in [6, 6.07) is 63.5. The van der Waals surface area contributed by atoms with Crippen molar-refractivity contribution in [3.8, 4) is 50.2 Å². The molecule has 0 bridgehead atoms. The molecule has 0 radical (unpaired) electrons. The van der Waals surface area contributed by atoms with Crippen LogP contribution in [0.4, 0.5) is 0 Å². The highest BCUT2D eigenvalue weighted by Gasteiger charge is 2.19. The van der Waals surface area contributed by atoms with Gasteiger partial charge in [0.1, 0.15) is 5.82 Å². The van der Waals surface area contributed by atoms with E-state index >= 15 is 0 Å². The van der Waals surface area contributed by atoms with Crippen molar-refractivity contribution in [3.63, 3.8) is 0 Å². The van der Waals surface area contributed by atoms with Crippen LogP contribution in [0.15, 0.2) is 176 Å². The summed E-state index contributed by atoms with van der Waals surface area (Å²) < 4.78 is 2.24. The Balaban J connectivity index is 1.22. The van der Waals surface area contributed by atoms with Crippen molar-refractivity contribution in [2.45, 2.75) is 6.92 Å². The highest BCUT2D eigenvalue weighted by molar-refractivity contribution is 6.22. The first kappa shape index (κ1) is 28.0. The molecule has 0 spiro atoms. The fourth-order valence-corrected chi connectivity index (χ4v) is 7.40. The normalized spacial score (nSPS) is 11.4. The standard InChI is InChI=1S/C46H32N2/c1-31-47-43-21-11-12-22-44(43)48(31)36-29-27-35(28-30-36)45-39-17-7-9-19-41(39)46(42-20-10-8-18-40(42)45)38-16-6-5-15-37(38)34-25-23-33(24-26-34)32-13-3-2-4-14-32/h2-30H,1H3. The van der Waals surface area contributed by atoms with E-state index in [1.807, 2.05) is 6.07 Å². The lowest BCUT2D eigenvalue weighted by Gasteiger charge is -2.20. The van der Waals surface area contributed by atoms with Crippen molar-refractivity contribution in [1.82, 2.24) is 9.55 Å². The van der Waals surface area contributed by atoms with E-state index in [9.17, 15) is 0 Å². The molecule has 1 aromatic heterocycles. The van der Waals surface area contributed by atoms with Gasteiger partial charge in [0.25, 0.3) is 0 Å². The smallest absolute Gasteiger partial charge is 0.111 e. The average molecular weight is 613 g/mol. The number of nitrogens with zero attached hydrogens (tertiary/aromatic N) is 2. The third kappa shape index (κ3) is 4.61. The predicted molar refractivity (Wildman–Crippen MR) is 203 cm³/mol. The molecule has 0 N–H and O–H groups in total. The highest BCUT2D eigenvalue weighted by atomic mass is 15.1. The molecular weight excluding hydrogens is 581 g/mol. The number of aryl methyl sites for hydroxylation is 1. The molecule has 8 aromatic carbocycles. The van der Waals surface area contributed by atoms with Gasteiger partial charge in [-0.1, -0.05) is 152 Å². The second kappa shape index (κ2) is 11.5. The average Bonchev–Trinajstić information content (AvgIpc) is 3.50. The summed E-state index contributed by atoms with van der Waals surface area (Å²) in [5.41, 5.74) is 13.1. The van der Waals surface area contributed by atoms with Crippen LogP contribution in [0.2, 0.25) is 0 Å². The summed E-state index contributed by atoms with van der Waals surface area (Å²) in [7, 11) is 0. The predicted octanol–water partition coefficient (Wildman–Crippen LogP) is 12.3. The van der Waals surface area contributed by atoms with Gasteiger partial charge in [-0.05, 0) is 97.2 Å². The fraction of sp³-hybridized carbons (Fsp3) is 0.0217. The SMILES string of the molecule is Cc1nc2ccccc2n1-c1ccc(-c2c3ccccc3c(-c3ccccc3-c3ccc(-c4ccccc4)cc3)c3ccccc23)cc1. The molecule has 0 atom stereocenters. The second-order valence-electron chi connectivity index (χ2n) is 12.4. The summed E-state index contributed by atoms with van der Waals surface area (Å²) in [4.78, 5) is 4.80. The molecule has 1 heterocycles. The van der Waals surface area contributed by atoms with E-state index in [4.69, 9.17) is 4.98 Å². The third-order valence-corrected chi connectivity index (χ3v) is 9.57. The number of aromatic nitrogens is 2. The van der Waals surface area contributed by atoms with Crippen LogP contribution >= 0.6 is 0 Å². The Morgan fingerprint density at radius 2 is 0.854 bits per heavy atom. The van der Waals surface area contributed by atoms with Crippen LogP contribution in [0.1, 0.15) is 5.82 Å². The molecule has 0 fully saturated rings. The van der Waals surface area contributed by atoms with Gasteiger partial charge >= 0.3 is 0 Å². The van der Waals surface area contributed by atoms with Gasteiger partial charge in [-0.2, -0.15) is 0 Å². The van der Waals surface area contributed by atoms with Crippen LogP contribution in [0.5, 0.6) is 0 Å². The summed E-state index contributed by atoms with van der Waals surface area (Å²) in [5.74, 6) is 0.984. The third-order valence-electron chi connectivity index (χ3n) is 9.57. The Morgan fingerprint density at radius 3 is 1.52 bits per heavy atom. The van der Waals surface area contributed by atoms with Crippen LogP contribution in [0, 0.1) is 6.92 Å². The van der Waals surface area contributed by atoms with E-state index in [0.29, 0.717) is 0 Å². The molecule has 2 heteroatoms. The minimum absolute atomic E-state index is 0.984. The lowest BCUT2D eigenvalue weighted by Crippen LogP contribution is -1.97. The summed E-state index contributed by atoms with van der Waals surface area (Å²) in [6.07, 6.45) is 0.